The Labute approximate surface area is 169 Å². The molecule has 1 N–H and O–H groups in total. The Kier molecular flexibility index (Phi) is 5.25. The number of benzene rings is 2. The fraction of sp³-hybridized carbons (Fsp3) is 0.304. The molecule has 6 nitrogen and oxygen atoms in total. The Morgan fingerprint density at radius 2 is 1.79 bits per heavy atom. The first-order valence-corrected chi connectivity index (χ1v) is 9.95. The molecule has 1 heterocycles. The molecule has 0 atom stereocenters. The molecule has 1 saturated carbocycles. The third-order valence-corrected chi connectivity index (χ3v) is 5.83. The van der Waals surface area contributed by atoms with Crippen molar-refractivity contribution < 1.29 is 9.72 Å². The number of hydrogen-bond acceptors (Lipinski definition) is 4. The van der Waals surface area contributed by atoms with E-state index in [0.717, 1.165) is 48.6 Å². The summed E-state index contributed by atoms with van der Waals surface area (Å²) in [4.78, 5) is 28.3. The van der Waals surface area contributed by atoms with Gasteiger partial charge in [0, 0.05) is 17.5 Å². The molecule has 1 aromatic heterocycles. The number of amides is 1. The average molecular weight is 389 g/mol. The Balaban J connectivity index is 1.57. The molecule has 1 aliphatic carbocycles. The lowest BCUT2D eigenvalue weighted by atomic mass is 9.69. The summed E-state index contributed by atoms with van der Waals surface area (Å²) in [6.07, 6.45) is 7.06. The van der Waals surface area contributed by atoms with Crippen LogP contribution in [0.4, 0.5) is 11.4 Å². The largest absolute Gasteiger partial charge is 0.324 e. The molecule has 0 bridgehead atoms. The van der Waals surface area contributed by atoms with Gasteiger partial charge in [0.25, 0.3) is 5.69 Å². The first kappa shape index (κ1) is 19.1. The van der Waals surface area contributed by atoms with Gasteiger partial charge in [0.15, 0.2) is 0 Å². The molecule has 0 aliphatic heterocycles. The highest BCUT2D eigenvalue weighted by Gasteiger charge is 2.39. The molecule has 1 aliphatic rings. The molecule has 0 unspecified atom stereocenters. The zero-order valence-electron chi connectivity index (χ0n) is 16.1. The quantitative estimate of drug-likeness (QED) is 0.475. The highest BCUT2D eigenvalue weighted by molar-refractivity contribution is 5.97. The van der Waals surface area contributed by atoms with Gasteiger partial charge in [0.1, 0.15) is 0 Å². The number of nitrogens with one attached hydrogen (secondary N) is 1. The number of non-ortho nitro benzene ring substituents is 1. The van der Waals surface area contributed by atoms with Crippen LogP contribution in [0.15, 0.2) is 60.8 Å². The van der Waals surface area contributed by atoms with Gasteiger partial charge < -0.3 is 5.32 Å². The molecule has 2 aromatic carbocycles. The van der Waals surface area contributed by atoms with E-state index in [-0.39, 0.29) is 11.6 Å². The average Bonchev–Trinajstić information content (AvgIpc) is 2.74. The molecule has 4 rings (SSSR count). The standard InChI is InChI=1S/C23H23N3O3/c27-22(25-19-14-18-6-2-3-7-21(18)24-16-19)23(12-4-1-5-13-23)15-17-8-10-20(11-9-17)26(28)29/h2-3,6-11,14,16H,1,4-5,12-13,15H2,(H,25,27). The SMILES string of the molecule is O=C(Nc1cnc2ccccc2c1)C1(Cc2ccc([N+](=O)[O-])cc2)CCCCC1. The molecule has 6 heteroatoms. The van der Waals surface area contributed by atoms with Gasteiger partial charge in [-0.15, -0.1) is 0 Å². The zero-order chi connectivity index (χ0) is 20.3. The van der Waals surface area contributed by atoms with Crippen molar-refractivity contribution in [2.45, 2.75) is 38.5 Å². The maximum Gasteiger partial charge on any atom is 0.269 e. The predicted octanol–water partition coefficient (Wildman–Crippen LogP) is 5.27. The molecule has 1 fully saturated rings. The van der Waals surface area contributed by atoms with Crippen LogP contribution in [0.3, 0.4) is 0 Å². The third kappa shape index (κ3) is 4.11. The Morgan fingerprint density at radius 1 is 1.07 bits per heavy atom. The molecular formula is C23H23N3O3. The summed E-state index contributed by atoms with van der Waals surface area (Å²) in [6.45, 7) is 0. The highest BCUT2D eigenvalue weighted by Crippen LogP contribution is 2.40. The number of anilines is 1. The van der Waals surface area contributed by atoms with Gasteiger partial charge in [-0.05, 0) is 37.0 Å². The number of pyridine rings is 1. The van der Waals surface area contributed by atoms with Gasteiger partial charge in [-0.1, -0.05) is 49.6 Å². The molecule has 3 aromatic rings. The topological polar surface area (TPSA) is 85.1 Å². The normalized spacial score (nSPS) is 15.7. The number of aromatic nitrogens is 1. The molecule has 0 radical (unpaired) electrons. The van der Waals surface area contributed by atoms with Crippen molar-refractivity contribution in [1.82, 2.24) is 4.98 Å². The van der Waals surface area contributed by atoms with E-state index >= 15 is 0 Å². The van der Waals surface area contributed by atoms with E-state index in [2.05, 4.69) is 10.3 Å². The minimum atomic E-state index is -0.500. The molecule has 0 spiro atoms. The van der Waals surface area contributed by atoms with E-state index in [4.69, 9.17) is 0 Å². The smallest absolute Gasteiger partial charge is 0.269 e. The minimum Gasteiger partial charge on any atom is -0.324 e. The highest BCUT2D eigenvalue weighted by atomic mass is 16.6. The van der Waals surface area contributed by atoms with Crippen LogP contribution in [0.1, 0.15) is 37.7 Å². The molecule has 148 valence electrons. The van der Waals surface area contributed by atoms with Crippen molar-refractivity contribution in [3.8, 4) is 0 Å². The molecule has 1 amide bonds. The number of hydrogen-bond donors (Lipinski definition) is 1. The first-order valence-electron chi connectivity index (χ1n) is 9.95. The number of fused-ring (bicyclic) bond motifs is 1. The van der Waals surface area contributed by atoms with Crippen LogP contribution in [0.5, 0.6) is 0 Å². The van der Waals surface area contributed by atoms with Gasteiger partial charge in [-0.2, -0.15) is 0 Å². The fourth-order valence-corrected chi connectivity index (χ4v) is 4.24. The predicted molar refractivity (Wildman–Crippen MR) is 113 cm³/mol. The van der Waals surface area contributed by atoms with Crippen LogP contribution < -0.4 is 5.32 Å². The number of carbonyl (C=O) groups excluding carboxylic acids is 1. The van der Waals surface area contributed by atoms with E-state index in [1.807, 2.05) is 30.3 Å². The number of nitro groups is 1. The Morgan fingerprint density at radius 3 is 2.52 bits per heavy atom. The van der Waals surface area contributed by atoms with Crippen molar-refractivity contribution in [3.63, 3.8) is 0 Å². The van der Waals surface area contributed by atoms with Crippen LogP contribution in [-0.4, -0.2) is 15.8 Å². The lowest BCUT2D eigenvalue weighted by molar-refractivity contribution is -0.384. The number of carbonyl (C=O) groups is 1. The van der Waals surface area contributed by atoms with Gasteiger partial charge in [-0.25, -0.2) is 0 Å². The van der Waals surface area contributed by atoms with Crippen molar-refractivity contribution in [3.05, 3.63) is 76.5 Å². The van der Waals surface area contributed by atoms with Crippen LogP contribution in [0, 0.1) is 15.5 Å². The summed E-state index contributed by atoms with van der Waals surface area (Å²) in [5.41, 5.74) is 2.11. The van der Waals surface area contributed by atoms with Gasteiger partial charge >= 0.3 is 0 Å². The minimum absolute atomic E-state index is 0.00707. The zero-order valence-corrected chi connectivity index (χ0v) is 16.1. The van der Waals surface area contributed by atoms with Crippen molar-refractivity contribution in [2.24, 2.45) is 5.41 Å². The van der Waals surface area contributed by atoms with Crippen LogP contribution >= 0.6 is 0 Å². The fourth-order valence-electron chi connectivity index (χ4n) is 4.24. The van der Waals surface area contributed by atoms with E-state index in [1.165, 1.54) is 12.1 Å². The second kappa shape index (κ2) is 7.99. The molecule has 29 heavy (non-hydrogen) atoms. The number of rotatable bonds is 5. The van der Waals surface area contributed by atoms with E-state index in [0.29, 0.717) is 12.1 Å². The van der Waals surface area contributed by atoms with E-state index in [1.54, 1.807) is 18.3 Å². The second-order valence-corrected chi connectivity index (χ2v) is 7.81. The van der Waals surface area contributed by atoms with Crippen molar-refractivity contribution in [2.75, 3.05) is 5.32 Å². The summed E-state index contributed by atoms with van der Waals surface area (Å²) >= 11 is 0. The number of nitrogens with zero attached hydrogens (tertiary/aromatic N) is 2. The Bertz CT molecular complexity index is 1040. The third-order valence-electron chi connectivity index (χ3n) is 5.83. The maximum atomic E-state index is 13.4. The maximum absolute atomic E-state index is 13.4. The second-order valence-electron chi connectivity index (χ2n) is 7.81. The Hall–Kier alpha value is -3.28. The summed E-state index contributed by atoms with van der Waals surface area (Å²) in [5.74, 6) is 0.00707. The lowest BCUT2D eigenvalue weighted by Crippen LogP contribution is -2.40. The lowest BCUT2D eigenvalue weighted by Gasteiger charge is -2.36. The van der Waals surface area contributed by atoms with E-state index < -0.39 is 10.3 Å². The van der Waals surface area contributed by atoms with Crippen LogP contribution in [0.25, 0.3) is 10.9 Å². The molecular weight excluding hydrogens is 366 g/mol. The van der Waals surface area contributed by atoms with E-state index in [9.17, 15) is 14.9 Å². The summed E-state index contributed by atoms with van der Waals surface area (Å²) in [5, 5.41) is 15.0. The summed E-state index contributed by atoms with van der Waals surface area (Å²) in [6, 6.07) is 16.3. The van der Waals surface area contributed by atoms with Gasteiger partial charge in [0.2, 0.25) is 5.91 Å². The monoisotopic (exact) mass is 389 g/mol. The number of para-hydroxylation sites is 1. The summed E-state index contributed by atoms with van der Waals surface area (Å²) in [7, 11) is 0. The van der Waals surface area contributed by atoms with Crippen LogP contribution in [-0.2, 0) is 11.2 Å². The van der Waals surface area contributed by atoms with Crippen LogP contribution in [0.2, 0.25) is 0 Å². The molecule has 0 saturated heterocycles. The van der Waals surface area contributed by atoms with Crippen molar-refractivity contribution >= 4 is 28.2 Å². The van der Waals surface area contributed by atoms with Gasteiger partial charge in [0.05, 0.1) is 27.7 Å². The van der Waals surface area contributed by atoms with Crippen molar-refractivity contribution in [1.29, 1.82) is 0 Å². The summed E-state index contributed by atoms with van der Waals surface area (Å²) < 4.78 is 0. The number of nitro benzene ring substituents is 1. The first-order chi connectivity index (χ1) is 14.1. The van der Waals surface area contributed by atoms with Gasteiger partial charge in [-0.3, -0.25) is 19.9 Å².